The lowest BCUT2D eigenvalue weighted by Gasteiger charge is -2.20. The van der Waals surface area contributed by atoms with E-state index in [0.29, 0.717) is 16.8 Å². The third-order valence-corrected chi connectivity index (χ3v) is 4.57. The fourth-order valence-corrected chi connectivity index (χ4v) is 3.15. The minimum absolute atomic E-state index is 0.139. The van der Waals surface area contributed by atoms with E-state index >= 15 is 0 Å². The largest absolute Gasteiger partial charge is 0.433 e. The maximum atomic E-state index is 12.9. The Kier molecular flexibility index (Phi) is 6.23. The number of hydrogen-bond donors (Lipinski definition) is 1. The summed E-state index contributed by atoms with van der Waals surface area (Å²) in [5.74, 6) is -0.139. The van der Waals surface area contributed by atoms with Gasteiger partial charge in [0.05, 0.1) is 0 Å². The average molecular weight is 427 g/mol. The smallest absolute Gasteiger partial charge is 0.381 e. The zero-order chi connectivity index (χ0) is 19.5. The summed E-state index contributed by atoms with van der Waals surface area (Å²) < 4.78 is 39.3. The molecule has 0 saturated carbocycles. The van der Waals surface area contributed by atoms with Gasteiger partial charge in [-0.1, -0.05) is 34.1 Å². The second-order valence-corrected chi connectivity index (χ2v) is 6.73. The van der Waals surface area contributed by atoms with Crippen molar-refractivity contribution in [1.29, 1.82) is 0 Å². The monoisotopic (exact) mass is 426 g/mol. The summed E-state index contributed by atoms with van der Waals surface area (Å²) in [6, 6.07) is 9.39. The predicted molar refractivity (Wildman–Crippen MR) is 98.2 cm³/mol. The number of carbonyl (C=O) groups is 1. The highest BCUT2D eigenvalue weighted by Gasteiger charge is 2.32. The molecule has 0 unspecified atom stereocenters. The summed E-state index contributed by atoms with van der Waals surface area (Å²) in [5, 5.41) is 3.12. The number of Topliss-reactive ketones (excluding diaryl/α,β-unsaturated/α-hetero) is 1. The summed E-state index contributed by atoms with van der Waals surface area (Å²) in [6.07, 6.45) is -3.37. The van der Waals surface area contributed by atoms with Gasteiger partial charge in [-0.2, -0.15) is 13.2 Å². The summed E-state index contributed by atoms with van der Waals surface area (Å²) in [7, 11) is 0. The minimum Gasteiger partial charge on any atom is -0.381 e. The fraction of sp³-hybridized carbons (Fsp3) is 0.263. The van der Waals surface area contributed by atoms with Crippen LogP contribution >= 0.6 is 15.9 Å². The van der Waals surface area contributed by atoms with E-state index in [2.05, 4.69) is 26.2 Å². The van der Waals surface area contributed by atoms with Crippen molar-refractivity contribution in [1.82, 2.24) is 10.3 Å². The van der Waals surface area contributed by atoms with Gasteiger partial charge in [0.15, 0.2) is 5.78 Å². The third kappa shape index (κ3) is 4.72. The van der Waals surface area contributed by atoms with Crippen molar-refractivity contribution in [3.63, 3.8) is 0 Å². The van der Waals surface area contributed by atoms with Crippen LogP contribution in [0.3, 0.4) is 0 Å². The molecule has 0 aliphatic carbocycles. The Balaban J connectivity index is 2.37. The zero-order valence-corrected chi connectivity index (χ0v) is 16.1. The normalized spacial score (nSPS) is 13.8. The molecule has 0 aliphatic heterocycles. The van der Waals surface area contributed by atoms with Gasteiger partial charge < -0.3 is 5.32 Å². The first kappa shape index (κ1) is 20.2. The lowest BCUT2D eigenvalue weighted by atomic mass is 9.99. The second kappa shape index (κ2) is 8.03. The Hall–Kier alpha value is -2.15. The Morgan fingerprint density at radius 3 is 2.42 bits per heavy atom. The van der Waals surface area contributed by atoms with E-state index in [1.807, 2.05) is 24.3 Å². The molecular weight excluding hydrogens is 409 g/mol. The number of alkyl halides is 3. The van der Waals surface area contributed by atoms with Crippen molar-refractivity contribution in [3.8, 4) is 0 Å². The Morgan fingerprint density at radius 1 is 1.19 bits per heavy atom. The number of ketones is 1. The highest BCUT2D eigenvalue weighted by Crippen LogP contribution is 2.30. The molecule has 2 aromatic rings. The Morgan fingerprint density at radius 2 is 1.85 bits per heavy atom. The number of allylic oxidation sites excluding steroid dienone is 2. The molecule has 26 heavy (non-hydrogen) atoms. The molecule has 1 atom stereocenters. The predicted octanol–water partition coefficient (Wildman–Crippen LogP) is 5.53. The Labute approximate surface area is 158 Å². The minimum atomic E-state index is -4.50. The summed E-state index contributed by atoms with van der Waals surface area (Å²) in [6.45, 7) is 4.92. The summed E-state index contributed by atoms with van der Waals surface area (Å²) >= 11 is 3.43. The molecule has 7 heteroatoms. The number of carbonyl (C=O) groups excluding carboxylic acids is 1. The molecule has 2 rings (SSSR count). The third-order valence-electron chi connectivity index (χ3n) is 3.88. The van der Waals surface area contributed by atoms with Gasteiger partial charge in [0.1, 0.15) is 5.69 Å². The van der Waals surface area contributed by atoms with Crippen LogP contribution in [-0.4, -0.2) is 10.8 Å². The molecule has 0 fully saturated rings. The molecule has 0 amide bonds. The number of hydrogen-bond acceptors (Lipinski definition) is 3. The van der Waals surface area contributed by atoms with E-state index in [9.17, 15) is 18.0 Å². The van der Waals surface area contributed by atoms with Crippen LogP contribution < -0.4 is 5.32 Å². The van der Waals surface area contributed by atoms with Crippen LogP contribution in [0.5, 0.6) is 0 Å². The number of benzene rings is 1. The number of pyridine rings is 1. The number of nitrogens with zero attached hydrogens (tertiary/aromatic N) is 1. The van der Waals surface area contributed by atoms with E-state index in [4.69, 9.17) is 0 Å². The quantitative estimate of drug-likeness (QED) is 0.638. The van der Waals surface area contributed by atoms with E-state index in [0.717, 1.165) is 22.3 Å². The topological polar surface area (TPSA) is 42.0 Å². The van der Waals surface area contributed by atoms with Crippen LogP contribution in [0.2, 0.25) is 0 Å². The first-order chi connectivity index (χ1) is 12.1. The van der Waals surface area contributed by atoms with Crippen LogP contribution in [0.4, 0.5) is 13.2 Å². The molecule has 0 aliphatic rings. The Bertz CT molecular complexity index is 847. The van der Waals surface area contributed by atoms with Crippen LogP contribution in [0.1, 0.15) is 43.6 Å². The van der Waals surface area contributed by atoms with E-state index < -0.39 is 17.9 Å². The molecular formula is C19H18BrF3N2O. The van der Waals surface area contributed by atoms with Crippen LogP contribution in [-0.2, 0) is 11.0 Å². The molecule has 1 N–H and O–H groups in total. The van der Waals surface area contributed by atoms with Gasteiger partial charge in [0.2, 0.25) is 0 Å². The van der Waals surface area contributed by atoms with Crippen LogP contribution in [0.25, 0.3) is 5.57 Å². The van der Waals surface area contributed by atoms with Gasteiger partial charge in [-0.15, -0.1) is 0 Å². The maximum absolute atomic E-state index is 12.9. The SMILES string of the molecule is CC(=O)/C(=C(/C)N[C@H](C)c1ccnc(C(F)(F)F)c1)c1ccccc1Br. The maximum Gasteiger partial charge on any atom is 0.433 e. The fourth-order valence-electron chi connectivity index (χ4n) is 2.67. The molecule has 138 valence electrons. The van der Waals surface area contributed by atoms with Crippen LogP contribution in [0, 0.1) is 0 Å². The molecule has 1 heterocycles. The van der Waals surface area contributed by atoms with Crippen molar-refractivity contribution in [2.45, 2.75) is 33.0 Å². The van der Waals surface area contributed by atoms with Gasteiger partial charge in [0, 0.05) is 33.5 Å². The molecule has 0 saturated heterocycles. The molecule has 1 aromatic carbocycles. The van der Waals surface area contributed by atoms with Crippen molar-refractivity contribution < 1.29 is 18.0 Å². The van der Waals surface area contributed by atoms with E-state index in [1.54, 1.807) is 13.8 Å². The molecule has 3 nitrogen and oxygen atoms in total. The average Bonchev–Trinajstić information content (AvgIpc) is 2.56. The number of halogens is 4. The molecule has 0 bridgehead atoms. The van der Waals surface area contributed by atoms with Crippen LogP contribution in [0.15, 0.2) is 52.8 Å². The summed E-state index contributed by atoms with van der Waals surface area (Å²) in [5.41, 5.74) is 1.28. The highest BCUT2D eigenvalue weighted by atomic mass is 79.9. The van der Waals surface area contributed by atoms with Crippen molar-refractivity contribution in [2.24, 2.45) is 0 Å². The van der Waals surface area contributed by atoms with Crippen molar-refractivity contribution >= 4 is 27.3 Å². The van der Waals surface area contributed by atoms with Gasteiger partial charge in [0.25, 0.3) is 0 Å². The highest BCUT2D eigenvalue weighted by molar-refractivity contribution is 9.10. The number of rotatable bonds is 5. The standard InChI is InChI=1S/C19H18BrF3N2O/c1-11(14-8-9-24-17(10-14)19(21,22)23)25-12(2)18(13(3)26)15-6-4-5-7-16(15)20/h4-11,25H,1-3H3/b18-12+/t11-/m1/s1. The molecule has 0 spiro atoms. The lowest BCUT2D eigenvalue weighted by molar-refractivity contribution is -0.141. The lowest BCUT2D eigenvalue weighted by Crippen LogP contribution is -2.20. The van der Waals surface area contributed by atoms with Gasteiger partial charge in [-0.25, -0.2) is 0 Å². The number of nitrogens with one attached hydrogen (secondary N) is 1. The molecule has 0 radical (unpaired) electrons. The zero-order valence-electron chi connectivity index (χ0n) is 14.5. The number of aromatic nitrogens is 1. The van der Waals surface area contributed by atoms with Gasteiger partial charge in [-0.3, -0.25) is 9.78 Å². The van der Waals surface area contributed by atoms with Crippen molar-refractivity contribution in [2.75, 3.05) is 0 Å². The summed E-state index contributed by atoms with van der Waals surface area (Å²) in [4.78, 5) is 15.5. The first-order valence-corrected chi connectivity index (χ1v) is 8.67. The van der Waals surface area contributed by atoms with Gasteiger partial charge >= 0.3 is 6.18 Å². The van der Waals surface area contributed by atoms with E-state index in [-0.39, 0.29) is 5.78 Å². The molecule has 1 aromatic heterocycles. The first-order valence-electron chi connectivity index (χ1n) is 7.87. The second-order valence-electron chi connectivity index (χ2n) is 5.87. The van der Waals surface area contributed by atoms with E-state index in [1.165, 1.54) is 13.0 Å². The van der Waals surface area contributed by atoms with Gasteiger partial charge in [-0.05, 0) is 44.5 Å². The van der Waals surface area contributed by atoms with Crippen molar-refractivity contribution in [3.05, 3.63) is 69.6 Å².